The Morgan fingerprint density at radius 2 is 1.17 bits per heavy atom. The largest absolute Gasteiger partial charge is 0.363 e. The van der Waals surface area contributed by atoms with Crippen molar-refractivity contribution in [3.63, 3.8) is 0 Å². The Balaban J connectivity index is 1.14. The second kappa shape index (κ2) is 11.6. The molecule has 0 saturated carbocycles. The van der Waals surface area contributed by atoms with E-state index >= 15 is 0 Å². The molecule has 226 valence electrons. The predicted molar refractivity (Wildman–Crippen MR) is 197 cm³/mol. The molecule has 1 aliphatic heterocycles. The quantitative estimate of drug-likeness (QED) is 0.211. The molecule has 0 amide bonds. The molecule has 2 aliphatic carbocycles. The lowest BCUT2D eigenvalue weighted by atomic mass is 9.90. The fourth-order valence-electron chi connectivity index (χ4n) is 7.84. The van der Waals surface area contributed by atoms with E-state index in [1.165, 1.54) is 77.3 Å². The average Bonchev–Trinajstić information content (AvgIpc) is 3.23. The number of fused-ring (bicyclic) bond motifs is 5. The van der Waals surface area contributed by atoms with Crippen LogP contribution in [0.5, 0.6) is 0 Å². The van der Waals surface area contributed by atoms with E-state index < -0.39 is 0 Å². The first kappa shape index (κ1) is 27.7. The van der Waals surface area contributed by atoms with Gasteiger partial charge in [-0.15, -0.1) is 0 Å². The van der Waals surface area contributed by atoms with Crippen molar-refractivity contribution in [3.05, 3.63) is 196 Å². The Morgan fingerprint density at radius 1 is 0.553 bits per heavy atom. The molecule has 0 aromatic heterocycles. The van der Waals surface area contributed by atoms with Crippen molar-refractivity contribution in [3.8, 4) is 0 Å². The lowest BCUT2D eigenvalue weighted by molar-refractivity contribution is 0.751. The number of rotatable bonds is 5. The van der Waals surface area contributed by atoms with Gasteiger partial charge in [-0.25, -0.2) is 0 Å². The van der Waals surface area contributed by atoms with Gasteiger partial charge >= 0.3 is 0 Å². The Hall–Kier alpha value is -5.60. The summed E-state index contributed by atoms with van der Waals surface area (Å²) in [7, 11) is 0. The third-order valence-corrected chi connectivity index (χ3v) is 9.98. The molecule has 0 radical (unpaired) electrons. The molecule has 0 saturated heterocycles. The molecule has 6 aromatic rings. The molecule has 2 heteroatoms. The molecule has 1 heterocycles. The summed E-state index contributed by atoms with van der Waals surface area (Å²) in [5.74, 6) is 0. The predicted octanol–water partition coefficient (Wildman–Crippen LogP) is 9.42. The van der Waals surface area contributed by atoms with Crippen LogP contribution in [-0.4, -0.2) is 6.17 Å². The number of nitrogens with one attached hydrogen (secondary N) is 1. The fourth-order valence-corrected chi connectivity index (χ4v) is 7.84. The van der Waals surface area contributed by atoms with Crippen molar-refractivity contribution in [1.29, 1.82) is 0 Å². The normalized spacial score (nSPS) is 16.9. The van der Waals surface area contributed by atoms with Crippen LogP contribution in [0.1, 0.15) is 36.0 Å². The first-order valence-corrected chi connectivity index (χ1v) is 16.8. The molecule has 47 heavy (non-hydrogen) atoms. The van der Waals surface area contributed by atoms with Gasteiger partial charge < -0.3 is 10.2 Å². The first-order chi connectivity index (χ1) is 23.3. The highest BCUT2D eigenvalue weighted by atomic mass is 15.3. The molecular formula is C45H36N2. The van der Waals surface area contributed by atoms with Crippen molar-refractivity contribution in [2.24, 2.45) is 0 Å². The summed E-state index contributed by atoms with van der Waals surface area (Å²) in [5, 5.41) is 9.02. The zero-order valence-corrected chi connectivity index (χ0v) is 26.4. The fraction of sp³-hybridized carbons (Fsp3) is 0.111. The molecule has 1 atom stereocenters. The monoisotopic (exact) mass is 604 g/mol. The van der Waals surface area contributed by atoms with Gasteiger partial charge in [0.25, 0.3) is 0 Å². The topological polar surface area (TPSA) is 15.3 Å². The number of nitrogens with zero attached hydrogens (tertiary/aromatic N) is 1. The van der Waals surface area contributed by atoms with Crippen molar-refractivity contribution < 1.29 is 0 Å². The van der Waals surface area contributed by atoms with Crippen LogP contribution < -0.4 is 20.7 Å². The third-order valence-electron chi connectivity index (χ3n) is 9.98. The van der Waals surface area contributed by atoms with Crippen LogP contribution >= 0.6 is 0 Å². The molecule has 0 spiro atoms. The summed E-state index contributed by atoms with van der Waals surface area (Å²) in [5.41, 5.74) is 13.2. The maximum atomic E-state index is 3.80. The molecule has 6 aromatic carbocycles. The number of para-hydroxylation sites is 3. The summed E-state index contributed by atoms with van der Waals surface area (Å²) in [6.45, 7) is 0. The zero-order chi connectivity index (χ0) is 31.2. The summed E-state index contributed by atoms with van der Waals surface area (Å²) in [6.07, 6.45) is 9.10. The lowest BCUT2D eigenvalue weighted by Gasteiger charge is -2.27. The van der Waals surface area contributed by atoms with Gasteiger partial charge in [0.1, 0.15) is 6.17 Å². The molecule has 1 N–H and O–H groups in total. The minimum atomic E-state index is 0.142. The highest BCUT2D eigenvalue weighted by Gasteiger charge is 2.30. The van der Waals surface area contributed by atoms with E-state index in [2.05, 4.69) is 168 Å². The zero-order valence-electron chi connectivity index (χ0n) is 26.4. The standard InChI is InChI=1S/C45H36N2/c1-2-16-38(17-3-1)47-42-21-11-10-20-41(42)46-43(47)28-31-22-24-33(25-23-31)44-35-14-6-7-15-36(30-35)45(40-19-9-8-18-39(40)44)37-27-26-32-12-4-5-13-34(32)29-37/h1-5,8-27,29,43,46H,6-7,28,30H2. The molecule has 2 bridgehead atoms. The number of allylic oxidation sites excluding steroid dienone is 4. The van der Waals surface area contributed by atoms with Gasteiger partial charge in [0.2, 0.25) is 0 Å². The third kappa shape index (κ3) is 4.98. The van der Waals surface area contributed by atoms with Gasteiger partial charge in [-0.3, -0.25) is 0 Å². The van der Waals surface area contributed by atoms with Crippen molar-refractivity contribution in [1.82, 2.24) is 0 Å². The van der Waals surface area contributed by atoms with E-state index in [0.717, 1.165) is 25.7 Å². The van der Waals surface area contributed by atoms with Gasteiger partial charge in [-0.1, -0.05) is 127 Å². The van der Waals surface area contributed by atoms with Gasteiger partial charge in [0.05, 0.1) is 11.4 Å². The summed E-state index contributed by atoms with van der Waals surface area (Å²) in [6, 6.07) is 53.5. The van der Waals surface area contributed by atoms with E-state index in [1.807, 2.05) is 0 Å². The number of benzene rings is 6. The number of anilines is 3. The lowest BCUT2D eigenvalue weighted by Crippen LogP contribution is -2.33. The highest BCUT2D eigenvalue weighted by Crippen LogP contribution is 2.41. The molecule has 1 unspecified atom stereocenters. The molecular weight excluding hydrogens is 569 g/mol. The van der Waals surface area contributed by atoms with Gasteiger partial charge in [-0.05, 0) is 110 Å². The van der Waals surface area contributed by atoms with Gasteiger partial charge in [0.15, 0.2) is 0 Å². The Labute approximate surface area is 276 Å². The van der Waals surface area contributed by atoms with E-state index in [9.17, 15) is 0 Å². The van der Waals surface area contributed by atoms with E-state index in [-0.39, 0.29) is 6.17 Å². The van der Waals surface area contributed by atoms with E-state index in [0.29, 0.717) is 0 Å². The van der Waals surface area contributed by atoms with Crippen LogP contribution in [0, 0.1) is 0 Å². The second-order valence-corrected chi connectivity index (χ2v) is 12.9. The average molecular weight is 605 g/mol. The minimum Gasteiger partial charge on any atom is -0.363 e. The summed E-state index contributed by atoms with van der Waals surface area (Å²) in [4.78, 5) is 2.44. The molecule has 2 nitrogen and oxygen atoms in total. The van der Waals surface area contributed by atoms with Crippen LogP contribution in [0.4, 0.5) is 17.1 Å². The summed E-state index contributed by atoms with van der Waals surface area (Å²) >= 11 is 0. The first-order valence-electron chi connectivity index (χ1n) is 16.8. The van der Waals surface area contributed by atoms with E-state index in [1.54, 1.807) is 0 Å². The minimum absolute atomic E-state index is 0.142. The molecule has 9 rings (SSSR count). The Kier molecular flexibility index (Phi) is 6.86. The van der Waals surface area contributed by atoms with Crippen molar-refractivity contribution >= 4 is 39.0 Å². The Morgan fingerprint density at radius 3 is 1.94 bits per heavy atom. The van der Waals surface area contributed by atoms with Crippen molar-refractivity contribution in [2.75, 3.05) is 10.2 Å². The maximum Gasteiger partial charge on any atom is 0.108 e. The summed E-state index contributed by atoms with van der Waals surface area (Å²) < 4.78 is 0. The SMILES string of the molecule is C1=C2CC(=CCC1)C(c1ccc3ccccc3c1)=c1ccccc1=C2c1ccc(CC2Nc3ccccc3N2c2ccccc2)cc1. The number of hydrogen-bond acceptors (Lipinski definition) is 2. The molecule has 0 fully saturated rings. The van der Waals surface area contributed by atoms with Crippen LogP contribution in [0.3, 0.4) is 0 Å². The van der Waals surface area contributed by atoms with Gasteiger partial charge in [0, 0.05) is 12.1 Å². The van der Waals surface area contributed by atoms with Crippen LogP contribution in [0.25, 0.3) is 21.9 Å². The molecule has 3 aliphatic rings. The second-order valence-electron chi connectivity index (χ2n) is 12.9. The smallest absolute Gasteiger partial charge is 0.108 e. The highest BCUT2D eigenvalue weighted by molar-refractivity contribution is 5.92. The van der Waals surface area contributed by atoms with Crippen LogP contribution in [-0.2, 0) is 6.42 Å². The Bertz CT molecular complexity index is 2330. The van der Waals surface area contributed by atoms with Crippen LogP contribution in [0.15, 0.2) is 169 Å². The number of hydrogen-bond donors (Lipinski definition) is 1. The maximum absolute atomic E-state index is 3.80. The van der Waals surface area contributed by atoms with Crippen LogP contribution in [0.2, 0.25) is 0 Å². The van der Waals surface area contributed by atoms with Gasteiger partial charge in [-0.2, -0.15) is 0 Å². The van der Waals surface area contributed by atoms with E-state index in [4.69, 9.17) is 0 Å². The van der Waals surface area contributed by atoms with Crippen molar-refractivity contribution in [2.45, 2.75) is 31.8 Å².